The van der Waals surface area contributed by atoms with Gasteiger partial charge in [0.15, 0.2) is 0 Å². The third-order valence-corrected chi connectivity index (χ3v) is 3.78. The van der Waals surface area contributed by atoms with Crippen molar-refractivity contribution in [2.75, 3.05) is 6.54 Å². The van der Waals surface area contributed by atoms with Gasteiger partial charge in [-0.05, 0) is 17.9 Å². The molecule has 98 valence electrons. The lowest BCUT2D eigenvalue weighted by Crippen LogP contribution is -2.32. The first-order chi connectivity index (χ1) is 9.36. The average Bonchev–Trinajstić information content (AvgIpc) is 3.10. The first kappa shape index (κ1) is 12.1. The maximum Gasteiger partial charge on any atom is 0.137 e. The quantitative estimate of drug-likeness (QED) is 0.783. The molecule has 1 aromatic carbocycles. The lowest BCUT2D eigenvalue weighted by molar-refractivity contribution is -0.112. The van der Waals surface area contributed by atoms with Crippen molar-refractivity contribution < 1.29 is 4.79 Å². The minimum Gasteiger partial charge on any atom is -0.324 e. The lowest BCUT2D eigenvalue weighted by Gasteiger charge is -2.20. The van der Waals surface area contributed by atoms with E-state index in [1.54, 1.807) is 12.5 Å². The van der Waals surface area contributed by atoms with Gasteiger partial charge in [-0.2, -0.15) is 0 Å². The molecular formula is C15H17N3O. The van der Waals surface area contributed by atoms with Gasteiger partial charge in [-0.1, -0.05) is 30.3 Å². The first-order valence-electron chi connectivity index (χ1n) is 6.57. The highest BCUT2D eigenvalue weighted by Crippen LogP contribution is 2.31. The number of hydrogen-bond acceptors (Lipinski definition) is 3. The summed E-state index contributed by atoms with van der Waals surface area (Å²) in [7, 11) is 0. The Balaban J connectivity index is 1.73. The third-order valence-electron chi connectivity index (χ3n) is 3.78. The standard InChI is InChI=1S/C15H17N3O/c19-10-15-8-14(13-4-2-1-3-5-13)9-18(15)12-17-7-6-16-11-17/h1-7,10-11,14-15H,8-9,12H2. The molecule has 0 spiro atoms. The predicted molar refractivity (Wildman–Crippen MR) is 72.6 cm³/mol. The molecule has 1 aliphatic rings. The fraction of sp³-hybridized carbons (Fsp3) is 0.333. The maximum atomic E-state index is 11.3. The summed E-state index contributed by atoms with van der Waals surface area (Å²) in [6.07, 6.45) is 7.46. The van der Waals surface area contributed by atoms with Crippen molar-refractivity contribution in [3.8, 4) is 0 Å². The Kier molecular flexibility index (Phi) is 3.42. The molecule has 0 saturated carbocycles. The van der Waals surface area contributed by atoms with E-state index in [1.807, 2.05) is 16.8 Å². The summed E-state index contributed by atoms with van der Waals surface area (Å²) in [5, 5.41) is 0. The highest BCUT2D eigenvalue weighted by atomic mass is 16.1. The molecule has 2 aromatic rings. The molecule has 4 nitrogen and oxygen atoms in total. The number of nitrogens with zero attached hydrogens (tertiary/aromatic N) is 3. The molecule has 4 heteroatoms. The molecule has 1 aromatic heterocycles. The second kappa shape index (κ2) is 5.36. The summed E-state index contributed by atoms with van der Waals surface area (Å²) in [6.45, 7) is 1.65. The zero-order valence-corrected chi connectivity index (χ0v) is 10.7. The summed E-state index contributed by atoms with van der Waals surface area (Å²) in [5.41, 5.74) is 1.32. The van der Waals surface area contributed by atoms with Crippen LogP contribution in [-0.4, -0.2) is 33.3 Å². The van der Waals surface area contributed by atoms with Gasteiger partial charge >= 0.3 is 0 Å². The van der Waals surface area contributed by atoms with Crippen molar-refractivity contribution in [3.05, 3.63) is 54.6 Å². The number of imidazole rings is 1. The summed E-state index contributed by atoms with van der Waals surface area (Å²) in [4.78, 5) is 17.5. The van der Waals surface area contributed by atoms with Crippen LogP contribution in [0.2, 0.25) is 0 Å². The Bertz CT molecular complexity index is 524. The largest absolute Gasteiger partial charge is 0.324 e. The molecule has 2 unspecified atom stereocenters. The van der Waals surface area contributed by atoms with Crippen molar-refractivity contribution in [1.29, 1.82) is 0 Å². The van der Waals surface area contributed by atoms with Crippen LogP contribution >= 0.6 is 0 Å². The van der Waals surface area contributed by atoms with Crippen LogP contribution in [0.15, 0.2) is 49.1 Å². The van der Waals surface area contributed by atoms with Crippen LogP contribution in [0.5, 0.6) is 0 Å². The van der Waals surface area contributed by atoms with E-state index in [0.29, 0.717) is 5.92 Å². The highest BCUT2D eigenvalue weighted by Gasteiger charge is 2.32. The van der Waals surface area contributed by atoms with Gasteiger partial charge in [0, 0.05) is 18.9 Å². The molecule has 3 rings (SSSR count). The molecule has 0 N–H and O–H groups in total. The summed E-state index contributed by atoms with van der Waals surface area (Å²) >= 11 is 0. The van der Waals surface area contributed by atoms with Gasteiger partial charge < -0.3 is 9.36 Å². The highest BCUT2D eigenvalue weighted by molar-refractivity contribution is 5.58. The third kappa shape index (κ3) is 2.58. The Labute approximate surface area is 112 Å². The van der Waals surface area contributed by atoms with Crippen LogP contribution < -0.4 is 0 Å². The zero-order chi connectivity index (χ0) is 13.1. The van der Waals surface area contributed by atoms with E-state index in [9.17, 15) is 4.79 Å². The van der Waals surface area contributed by atoms with Crippen LogP contribution in [0.3, 0.4) is 0 Å². The first-order valence-corrected chi connectivity index (χ1v) is 6.57. The molecule has 19 heavy (non-hydrogen) atoms. The normalized spacial score (nSPS) is 23.6. The number of aromatic nitrogens is 2. The predicted octanol–water partition coefficient (Wildman–Crippen LogP) is 1.90. The molecule has 1 fully saturated rings. The molecule has 2 atom stereocenters. The number of likely N-dealkylation sites (tertiary alicyclic amines) is 1. The summed E-state index contributed by atoms with van der Waals surface area (Å²) in [6, 6.07) is 10.4. The van der Waals surface area contributed by atoms with Gasteiger partial charge in [0.1, 0.15) is 6.29 Å². The number of carbonyl (C=O) groups is 1. The van der Waals surface area contributed by atoms with Crippen molar-refractivity contribution in [2.24, 2.45) is 0 Å². The Hall–Kier alpha value is -1.94. The minimum atomic E-state index is 0.00704. The van der Waals surface area contributed by atoms with E-state index in [1.165, 1.54) is 5.56 Å². The monoisotopic (exact) mass is 255 g/mol. The van der Waals surface area contributed by atoms with E-state index in [2.05, 4.69) is 34.1 Å². The van der Waals surface area contributed by atoms with Crippen molar-refractivity contribution in [2.45, 2.75) is 25.0 Å². The molecule has 0 amide bonds. The van der Waals surface area contributed by atoms with Crippen LogP contribution in [0, 0.1) is 0 Å². The van der Waals surface area contributed by atoms with E-state index in [0.717, 1.165) is 25.9 Å². The SMILES string of the molecule is O=CC1CC(c2ccccc2)CN1Cn1ccnc1. The number of carbonyl (C=O) groups excluding carboxylic acids is 1. The second-order valence-electron chi connectivity index (χ2n) is 5.04. The smallest absolute Gasteiger partial charge is 0.137 e. The molecule has 0 bridgehead atoms. The molecule has 1 saturated heterocycles. The van der Waals surface area contributed by atoms with E-state index in [4.69, 9.17) is 0 Å². The molecule has 0 radical (unpaired) electrons. The van der Waals surface area contributed by atoms with Crippen LogP contribution in [0.25, 0.3) is 0 Å². The van der Waals surface area contributed by atoms with Crippen molar-refractivity contribution >= 4 is 6.29 Å². The number of rotatable bonds is 4. The van der Waals surface area contributed by atoms with Crippen molar-refractivity contribution in [3.63, 3.8) is 0 Å². The Morgan fingerprint density at radius 1 is 1.32 bits per heavy atom. The molecular weight excluding hydrogens is 238 g/mol. The number of hydrogen-bond donors (Lipinski definition) is 0. The Morgan fingerprint density at radius 2 is 2.16 bits per heavy atom. The van der Waals surface area contributed by atoms with Gasteiger partial charge in [0.05, 0.1) is 19.0 Å². The van der Waals surface area contributed by atoms with E-state index >= 15 is 0 Å². The van der Waals surface area contributed by atoms with Gasteiger partial charge in [0.2, 0.25) is 0 Å². The maximum absolute atomic E-state index is 11.3. The minimum absolute atomic E-state index is 0.00704. The lowest BCUT2D eigenvalue weighted by atomic mass is 9.97. The fourth-order valence-corrected chi connectivity index (χ4v) is 2.78. The summed E-state index contributed by atoms with van der Waals surface area (Å²) in [5.74, 6) is 0.444. The second-order valence-corrected chi connectivity index (χ2v) is 5.04. The van der Waals surface area contributed by atoms with Crippen LogP contribution in [0.1, 0.15) is 17.9 Å². The van der Waals surface area contributed by atoms with Gasteiger partial charge in [-0.25, -0.2) is 4.98 Å². The van der Waals surface area contributed by atoms with Gasteiger partial charge in [-0.15, -0.1) is 0 Å². The van der Waals surface area contributed by atoms with E-state index < -0.39 is 0 Å². The Morgan fingerprint density at radius 3 is 2.84 bits per heavy atom. The topological polar surface area (TPSA) is 38.1 Å². The van der Waals surface area contributed by atoms with E-state index in [-0.39, 0.29) is 6.04 Å². The zero-order valence-electron chi connectivity index (χ0n) is 10.7. The van der Waals surface area contributed by atoms with Crippen molar-refractivity contribution in [1.82, 2.24) is 14.5 Å². The van der Waals surface area contributed by atoms with Crippen LogP contribution in [0.4, 0.5) is 0 Å². The molecule has 0 aliphatic carbocycles. The number of benzene rings is 1. The van der Waals surface area contributed by atoms with Gasteiger partial charge in [-0.3, -0.25) is 4.90 Å². The number of aldehydes is 1. The van der Waals surface area contributed by atoms with Gasteiger partial charge in [0.25, 0.3) is 0 Å². The fourth-order valence-electron chi connectivity index (χ4n) is 2.78. The average molecular weight is 255 g/mol. The molecule has 2 heterocycles. The van der Waals surface area contributed by atoms with Crippen LogP contribution in [-0.2, 0) is 11.5 Å². The summed E-state index contributed by atoms with van der Waals surface area (Å²) < 4.78 is 2.00. The molecule has 1 aliphatic heterocycles.